The lowest BCUT2D eigenvalue weighted by Crippen LogP contribution is -2.65. The van der Waals surface area contributed by atoms with Crippen molar-refractivity contribution >= 4 is 42.0 Å². The molecule has 462 valence electrons. The molecule has 3 rings (SSSR count). The number of hydrogen-bond donors (Lipinski definition) is 7. The number of phenolic OH excluding ortho intramolecular Hbond substituents is 1. The standard InChI is InChI=1S/C63H98N8O12/c1-58(2,3)79-42-46(39-43-25-19-18-20-26-43)68-51(73)50(27-21-24-38-67-55(76)81-60(7,8)9)71(52(74)49(64)40-44-28-32-47(72)33-29-44)53(75)63(65,41-45-30-34-48(35-31-45)80-59(4,5)6)36-22-16-17-23-37-66-54(69-56(77)82-61(10,11)12)70-57(78)83-62(13,14)15/h18-20,25-26,28-35,46,49-50,72H,16-17,21-24,27,36-42,64-65H2,1-15H3,(H,67,76)(H,68,73)(H2,66,69,70,77,78)/t46-,49-,50-,63-/m0/s1. The smallest absolute Gasteiger partial charge is 0.437 e. The van der Waals surface area contributed by atoms with Crippen molar-refractivity contribution in [3.63, 3.8) is 0 Å². The number of alkyl carbamates (subject to hydrolysis) is 2. The summed E-state index contributed by atoms with van der Waals surface area (Å²) in [5.74, 6) is -1.82. The monoisotopic (exact) mass is 1160 g/mol. The largest absolute Gasteiger partial charge is 0.508 e. The van der Waals surface area contributed by atoms with Crippen molar-refractivity contribution in [2.45, 2.75) is 226 Å². The quantitative estimate of drug-likeness (QED) is 0.0170. The predicted molar refractivity (Wildman–Crippen MR) is 323 cm³/mol. The van der Waals surface area contributed by atoms with Gasteiger partial charge >= 0.3 is 18.3 Å². The van der Waals surface area contributed by atoms with Crippen LogP contribution in [0.1, 0.15) is 172 Å². The van der Waals surface area contributed by atoms with Crippen molar-refractivity contribution in [3.8, 4) is 11.5 Å². The van der Waals surface area contributed by atoms with Crippen LogP contribution in [0, 0.1) is 0 Å². The zero-order valence-corrected chi connectivity index (χ0v) is 52.1. The summed E-state index contributed by atoms with van der Waals surface area (Å²) < 4.78 is 28.6. The molecule has 4 atom stereocenters. The predicted octanol–water partition coefficient (Wildman–Crippen LogP) is 9.70. The Balaban J connectivity index is 2.13. The maximum Gasteiger partial charge on any atom is 0.437 e. The first-order valence-corrected chi connectivity index (χ1v) is 28.9. The zero-order valence-electron chi connectivity index (χ0n) is 52.1. The first-order valence-electron chi connectivity index (χ1n) is 28.9. The molecule has 6 amide bonds. The first kappa shape index (κ1) is 70.5. The molecule has 0 spiro atoms. The van der Waals surface area contributed by atoms with Gasteiger partial charge in [-0.2, -0.15) is 0 Å². The van der Waals surface area contributed by atoms with Crippen molar-refractivity contribution in [2.24, 2.45) is 16.5 Å². The molecule has 0 saturated heterocycles. The van der Waals surface area contributed by atoms with Gasteiger partial charge in [-0.15, -0.1) is 4.99 Å². The number of unbranched alkanes of at least 4 members (excludes halogenated alkanes) is 4. The summed E-state index contributed by atoms with van der Waals surface area (Å²) in [6.07, 6.45) is 0.587. The molecule has 0 aliphatic carbocycles. The fourth-order valence-electron chi connectivity index (χ4n) is 8.51. The molecule has 83 heavy (non-hydrogen) atoms. The van der Waals surface area contributed by atoms with Gasteiger partial charge in [-0.1, -0.05) is 73.9 Å². The van der Waals surface area contributed by atoms with Crippen LogP contribution in [0.4, 0.5) is 14.4 Å². The van der Waals surface area contributed by atoms with Crippen LogP contribution in [-0.4, -0.2) is 123 Å². The Morgan fingerprint density at radius 3 is 1.72 bits per heavy atom. The number of aromatic hydroxyl groups is 1. The number of rotatable bonds is 26. The van der Waals surface area contributed by atoms with Crippen LogP contribution in [0.15, 0.2) is 83.9 Å². The number of guanidine groups is 1. The highest BCUT2D eigenvalue weighted by atomic mass is 16.6. The Morgan fingerprint density at radius 2 is 1.14 bits per heavy atom. The van der Waals surface area contributed by atoms with Gasteiger partial charge in [0.05, 0.1) is 24.3 Å². The Morgan fingerprint density at radius 1 is 0.602 bits per heavy atom. The molecule has 0 unspecified atom stereocenters. The number of nitrogens with one attached hydrogen (secondary N) is 4. The fourth-order valence-corrected chi connectivity index (χ4v) is 8.51. The summed E-state index contributed by atoms with van der Waals surface area (Å²) in [4.78, 5) is 89.8. The highest BCUT2D eigenvalue weighted by molar-refractivity contribution is 6.06. The van der Waals surface area contributed by atoms with Gasteiger partial charge in [-0.25, -0.2) is 14.4 Å². The molecule has 0 aromatic heterocycles. The third-order valence-electron chi connectivity index (χ3n) is 12.1. The van der Waals surface area contributed by atoms with E-state index in [2.05, 4.69) is 26.3 Å². The average Bonchev–Trinajstić information content (AvgIpc) is 3.54. The topological polar surface area (TPSA) is 285 Å². The molecule has 0 fully saturated rings. The number of amides is 6. The number of ether oxygens (including phenoxy) is 5. The third kappa shape index (κ3) is 29.4. The second kappa shape index (κ2) is 31.8. The normalized spacial score (nSPS) is 14.2. The first-order chi connectivity index (χ1) is 38.4. The molecule has 3 aromatic rings. The highest BCUT2D eigenvalue weighted by Gasteiger charge is 2.46. The molecular formula is C63H98N8O12. The van der Waals surface area contributed by atoms with Crippen LogP contribution in [0.3, 0.4) is 0 Å². The van der Waals surface area contributed by atoms with Crippen LogP contribution in [0.5, 0.6) is 11.5 Å². The van der Waals surface area contributed by atoms with Crippen LogP contribution in [0.2, 0.25) is 0 Å². The molecule has 20 heteroatoms. The number of nitrogens with zero attached hydrogens (tertiary/aromatic N) is 2. The number of carbonyl (C=O) groups excluding carboxylic acids is 6. The number of hydrogen-bond acceptors (Lipinski definition) is 14. The minimum Gasteiger partial charge on any atom is -0.508 e. The molecular weight excluding hydrogens is 1060 g/mol. The average molecular weight is 1160 g/mol. The summed E-state index contributed by atoms with van der Waals surface area (Å²) in [6, 6.07) is 19.6. The number of aliphatic imine (C=N–C) groups is 1. The lowest BCUT2D eigenvalue weighted by molar-refractivity contribution is -0.157. The zero-order chi connectivity index (χ0) is 62.4. The molecule has 0 radical (unpaired) electrons. The Labute approximate surface area is 493 Å². The van der Waals surface area contributed by atoms with Crippen molar-refractivity contribution in [1.82, 2.24) is 26.2 Å². The van der Waals surface area contributed by atoms with Crippen molar-refractivity contribution < 1.29 is 57.6 Å². The van der Waals surface area contributed by atoms with E-state index in [-0.39, 0.29) is 63.5 Å². The van der Waals surface area contributed by atoms with Crippen molar-refractivity contribution in [2.75, 3.05) is 19.7 Å². The van der Waals surface area contributed by atoms with Gasteiger partial charge in [0.1, 0.15) is 45.5 Å². The molecule has 0 aliphatic rings. The minimum absolute atomic E-state index is 0.0121. The second-order valence-electron chi connectivity index (χ2n) is 26.1. The molecule has 0 aliphatic heterocycles. The van der Waals surface area contributed by atoms with E-state index in [0.717, 1.165) is 10.5 Å². The number of benzene rings is 3. The van der Waals surface area contributed by atoms with Gasteiger partial charge in [0.25, 0.3) is 0 Å². The number of imide groups is 1. The summed E-state index contributed by atoms with van der Waals surface area (Å²) in [5.41, 5.74) is 11.2. The van der Waals surface area contributed by atoms with Crippen LogP contribution >= 0.6 is 0 Å². The Hall–Kier alpha value is -6.77. The molecule has 0 bridgehead atoms. The SMILES string of the molecule is CC(C)(C)OC[C@H](Cc1ccccc1)NC(=O)[C@H](CCCCNC(=O)OC(C)(C)C)N(C(=O)[C@@H](N)Cc1ccc(O)cc1)C(=O)[C@](N)(CCCCCCNC(=NC(=O)OC(C)(C)C)NC(=O)OC(C)(C)C)Cc1ccc(OC(C)(C)C)cc1. The second-order valence-corrected chi connectivity index (χ2v) is 26.1. The van der Waals surface area contributed by atoms with E-state index in [4.69, 9.17) is 35.2 Å². The summed E-state index contributed by atoms with van der Waals surface area (Å²) >= 11 is 0. The maximum atomic E-state index is 16.0. The van der Waals surface area contributed by atoms with Crippen molar-refractivity contribution in [3.05, 3.63) is 95.6 Å². The molecule has 9 N–H and O–H groups in total. The van der Waals surface area contributed by atoms with E-state index in [9.17, 15) is 19.5 Å². The summed E-state index contributed by atoms with van der Waals surface area (Å²) in [5, 5.41) is 21.5. The lowest BCUT2D eigenvalue weighted by atomic mass is 9.84. The van der Waals surface area contributed by atoms with Crippen LogP contribution < -0.4 is 37.5 Å². The van der Waals surface area contributed by atoms with E-state index in [1.807, 2.05) is 84.0 Å². The van der Waals surface area contributed by atoms with Gasteiger partial charge in [-0.3, -0.25) is 24.6 Å². The Bertz CT molecular complexity index is 2560. The molecule has 0 heterocycles. The molecule has 20 nitrogen and oxygen atoms in total. The van der Waals surface area contributed by atoms with Crippen LogP contribution in [0.25, 0.3) is 0 Å². The lowest BCUT2D eigenvalue weighted by Gasteiger charge is -2.39. The van der Waals surface area contributed by atoms with Gasteiger partial charge in [0.15, 0.2) is 0 Å². The highest BCUT2D eigenvalue weighted by Crippen LogP contribution is 2.28. The van der Waals surface area contributed by atoms with Crippen LogP contribution in [-0.2, 0) is 52.6 Å². The number of carbonyl (C=O) groups is 6. The van der Waals surface area contributed by atoms with E-state index >= 15 is 14.4 Å². The summed E-state index contributed by atoms with van der Waals surface area (Å²) in [7, 11) is 0. The molecule has 3 aromatic carbocycles. The van der Waals surface area contributed by atoms with Gasteiger partial charge < -0.3 is 56.2 Å². The third-order valence-corrected chi connectivity index (χ3v) is 12.1. The van der Waals surface area contributed by atoms with Gasteiger partial charge in [-0.05, 0) is 196 Å². The van der Waals surface area contributed by atoms with E-state index in [1.54, 1.807) is 86.6 Å². The fraction of sp³-hybridized carbons (Fsp3) is 0.603. The number of phenols is 1. The summed E-state index contributed by atoms with van der Waals surface area (Å²) in [6.45, 7) is 27.5. The molecule has 0 saturated carbocycles. The van der Waals surface area contributed by atoms with Crippen molar-refractivity contribution in [1.29, 1.82) is 0 Å². The number of nitrogens with two attached hydrogens (primary N) is 2. The van der Waals surface area contributed by atoms with Gasteiger partial charge in [0.2, 0.25) is 23.7 Å². The Kier molecular flexibility index (Phi) is 27.0. The van der Waals surface area contributed by atoms with E-state index in [0.29, 0.717) is 55.4 Å². The van der Waals surface area contributed by atoms with Gasteiger partial charge in [0, 0.05) is 13.1 Å². The minimum atomic E-state index is -1.81. The maximum absolute atomic E-state index is 16.0. The van der Waals surface area contributed by atoms with E-state index < -0.39 is 87.7 Å². The van der Waals surface area contributed by atoms with E-state index in [1.165, 1.54) is 12.1 Å².